The Balaban J connectivity index is 1.61. The molecule has 2 atom stereocenters. The molecule has 1 heterocycles. The van der Waals surface area contributed by atoms with Crippen LogP contribution in [0, 0.1) is 5.92 Å². The fourth-order valence-electron chi connectivity index (χ4n) is 3.71. The number of thioether (sulfide) groups is 1. The van der Waals surface area contributed by atoms with Crippen molar-refractivity contribution in [1.29, 1.82) is 0 Å². The van der Waals surface area contributed by atoms with Crippen LogP contribution in [0.2, 0.25) is 0 Å². The van der Waals surface area contributed by atoms with Gasteiger partial charge in [0, 0.05) is 38.2 Å². The number of imide groups is 1. The lowest BCUT2D eigenvalue weighted by Crippen LogP contribution is -2.38. The third kappa shape index (κ3) is 8.87. The first-order chi connectivity index (χ1) is 16.6. The Bertz CT molecular complexity index is 874. The first kappa shape index (κ1) is 28.7. The molecule has 8 nitrogen and oxygen atoms in total. The summed E-state index contributed by atoms with van der Waals surface area (Å²) in [4.78, 5) is 51.3. The third-order valence-electron chi connectivity index (χ3n) is 6.49. The molecule has 9 heteroatoms. The summed E-state index contributed by atoms with van der Waals surface area (Å²) >= 11 is 1.42. The second kappa shape index (κ2) is 14.1. The Labute approximate surface area is 213 Å². The van der Waals surface area contributed by atoms with Crippen LogP contribution in [-0.4, -0.2) is 71.2 Å². The highest BCUT2D eigenvalue weighted by atomic mass is 32.2. The van der Waals surface area contributed by atoms with Gasteiger partial charge < -0.3 is 15.0 Å². The van der Waals surface area contributed by atoms with Crippen LogP contribution < -0.4 is 5.32 Å². The fourth-order valence-corrected chi connectivity index (χ4v) is 4.35. The third-order valence-corrected chi connectivity index (χ3v) is 7.43. The van der Waals surface area contributed by atoms with Crippen LogP contribution in [0.5, 0.6) is 0 Å². The van der Waals surface area contributed by atoms with Crippen LogP contribution in [0.3, 0.4) is 0 Å². The molecule has 0 bridgehead atoms. The van der Waals surface area contributed by atoms with Crippen LogP contribution in [0.15, 0.2) is 24.3 Å². The van der Waals surface area contributed by atoms with Gasteiger partial charge in [0.25, 0.3) is 0 Å². The van der Waals surface area contributed by atoms with Crippen LogP contribution in [0.4, 0.5) is 10.5 Å². The van der Waals surface area contributed by atoms with Crippen LogP contribution in [-0.2, 0) is 25.7 Å². The van der Waals surface area contributed by atoms with Crippen molar-refractivity contribution >= 4 is 41.1 Å². The smallest absolute Gasteiger partial charge is 0.410 e. The second-order valence-corrected chi connectivity index (χ2v) is 10.4. The van der Waals surface area contributed by atoms with Gasteiger partial charge in [0.05, 0.1) is 11.8 Å². The summed E-state index contributed by atoms with van der Waals surface area (Å²) in [7, 11) is 1.74. The summed E-state index contributed by atoms with van der Waals surface area (Å²) < 4.78 is 5.39. The van der Waals surface area contributed by atoms with Gasteiger partial charge in [-0.1, -0.05) is 32.4 Å². The first-order valence-corrected chi connectivity index (χ1v) is 13.5. The summed E-state index contributed by atoms with van der Waals surface area (Å²) in [6.45, 7) is 6.99. The van der Waals surface area contributed by atoms with Crippen molar-refractivity contribution in [2.45, 2.75) is 70.8 Å². The summed E-state index contributed by atoms with van der Waals surface area (Å²) in [5.41, 5.74) is 1.70. The van der Waals surface area contributed by atoms with Gasteiger partial charge in [-0.3, -0.25) is 19.3 Å². The highest BCUT2D eigenvalue weighted by Gasteiger charge is 2.37. The highest BCUT2D eigenvalue weighted by molar-refractivity contribution is 8.00. The number of carbonyl (C=O) groups excluding carboxylic acids is 4. The number of amides is 3. The summed E-state index contributed by atoms with van der Waals surface area (Å²) in [6, 6.07) is 7.56. The van der Waals surface area contributed by atoms with E-state index in [0.29, 0.717) is 25.3 Å². The number of ketones is 1. The number of nitrogens with zero attached hydrogens (tertiary/aromatic N) is 2. The van der Waals surface area contributed by atoms with Crippen molar-refractivity contribution in [3.8, 4) is 0 Å². The summed E-state index contributed by atoms with van der Waals surface area (Å²) in [6.07, 6.45) is 4.50. The molecule has 1 N–H and O–H groups in total. The van der Waals surface area contributed by atoms with Crippen molar-refractivity contribution in [2.24, 2.45) is 5.92 Å². The number of carbonyl (C=O) groups is 4. The maximum Gasteiger partial charge on any atom is 0.410 e. The monoisotopic (exact) mass is 505 g/mol. The normalized spacial score (nSPS) is 16.5. The van der Waals surface area contributed by atoms with E-state index in [1.54, 1.807) is 11.9 Å². The molecule has 1 aliphatic rings. The minimum absolute atomic E-state index is 0.0833. The van der Waals surface area contributed by atoms with Crippen LogP contribution in [0.1, 0.15) is 58.4 Å². The molecule has 1 aromatic rings. The average Bonchev–Trinajstić information content (AvgIpc) is 3.12. The quantitative estimate of drug-likeness (QED) is 0.297. The topological polar surface area (TPSA) is 96.0 Å². The molecular weight excluding hydrogens is 466 g/mol. The maximum atomic E-state index is 12.2. The number of unbranched alkanes of at least 4 members (excludes halogenated alkanes) is 2. The Morgan fingerprint density at radius 1 is 1.14 bits per heavy atom. The number of benzene rings is 1. The van der Waals surface area contributed by atoms with Gasteiger partial charge in [-0.2, -0.15) is 11.8 Å². The minimum atomic E-state index is -0.346. The van der Waals surface area contributed by atoms with E-state index in [9.17, 15) is 19.2 Å². The Hall–Kier alpha value is -2.55. The lowest BCUT2D eigenvalue weighted by atomic mass is 10.1. The maximum absolute atomic E-state index is 12.2. The molecule has 0 spiro atoms. The van der Waals surface area contributed by atoms with Crippen LogP contribution in [0.25, 0.3) is 0 Å². The average molecular weight is 506 g/mol. The zero-order valence-corrected chi connectivity index (χ0v) is 22.4. The van der Waals surface area contributed by atoms with Gasteiger partial charge in [-0.05, 0) is 49.6 Å². The standard InChI is InChI=1S/C26H39N3O5S/c1-18(2)19(3)28(4)26(33)34-17-20-10-12-21(13-11-20)27-16-22(30)9-7-6-8-14-29-24(31)15-23(35-5)25(29)32/h10-13,18-19,23,27H,6-9,14-17H2,1-5H3/t19-,23?/m1/s1. The van der Waals surface area contributed by atoms with Crippen molar-refractivity contribution in [1.82, 2.24) is 9.80 Å². The number of hydrogen-bond acceptors (Lipinski definition) is 7. The number of Topliss-reactive ketones (excluding diaryl/α,β-unsaturated/α-hetero) is 1. The predicted molar refractivity (Wildman–Crippen MR) is 139 cm³/mol. The number of hydrogen-bond donors (Lipinski definition) is 1. The zero-order chi connectivity index (χ0) is 26.0. The van der Waals surface area contributed by atoms with E-state index < -0.39 is 0 Å². The Morgan fingerprint density at radius 3 is 2.43 bits per heavy atom. The van der Waals surface area contributed by atoms with Crippen molar-refractivity contribution in [2.75, 3.05) is 31.7 Å². The van der Waals surface area contributed by atoms with Crippen LogP contribution >= 0.6 is 11.8 Å². The van der Waals surface area contributed by atoms with Gasteiger partial charge in [-0.25, -0.2) is 4.79 Å². The molecule has 1 unspecified atom stereocenters. The second-order valence-electron chi connectivity index (χ2n) is 9.36. The van der Waals surface area contributed by atoms with E-state index >= 15 is 0 Å². The highest BCUT2D eigenvalue weighted by Crippen LogP contribution is 2.23. The number of nitrogens with one attached hydrogen (secondary N) is 1. The lowest BCUT2D eigenvalue weighted by Gasteiger charge is -2.27. The number of likely N-dealkylation sites (tertiary alicyclic amines) is 1. The molecule has 194 valence electrons. The molecule has 0 radical (unpaired) electrons. The Morgan fingerprint density at radius 2 is 1.83 bits per heavy atom. The first-order valence-electron chi connectivity index (χ1n) is 12.2. The minimum Gasteiger partial charge on any atom is -0.445 e. The van der Waals surface area contributed by atoms with Gasteiger partial charge in [0.1, 0.15) is 6.61 Å². The van der Waals surface area contributed by atoms with Gasteiger partial charge >= 0.3 is 6.09 Å². The van der Waals surface area contributed by atoms with E-state index in [4.69, 9.17) is 4.74 Å². The summed E-state index contributed by atoms with van der Waals surface area (Å²) in [5, 5.41) is 2.89. The van der Waals surface area contributed by atoms with Gasteiger partial charge in [0.2, 0.25) is 11.8 Å². The zero-order valence-electron chi connectivity index (χ0n) is 21.5. The van der Waals surface area contributed by atoms with Crippen molar-refractivity contribution in [3.63, 3.8) is 0 Å². The SMILES string of the molecule is CSC1CC(=O)N(CCCCCC(=O)CNc2ccc(COC(=O)N(C)[C@H](C)C(C)C)cc2)C1=O. The fraction of sp³-hybridized carbons (Fsp3) is 0.615. The summed E-state index contributed by atoms with van der Waals surface area (Å²) in [5.74, 6) is 0.285. The molecule has 1 aliphatic heterocycles. The molecule has 2 rings (SSSR count). The Kier molecular flexibility index (Phi) is 11.6. The lowest BCUT2D eigenvalue weighted by molar-refractivity contribution is -0.138. The van der Waals surface area contributed by atoms with E-state index in [1.165, 1.54) is 16.7 Å². The molecule has 3 amide bonds. The van der Waals surface area contributed by atoms with E-state index in [0.717, 1.165) is 30.5 Å². The van der Waals surface area contributed by atoms with Crippen molar-refractivity contribution in [3.05, 3.63) is 29.8 Å². The molecule has 1 fully saturated rings. The molecular formula is C26H39N3O5S. The molecule has 35 heavy (non-hydrogen) atoms. The molecule has 1 saturated heterocycles. The molecule has 0 aliphatic carbocycles. The van der Waals surface area contributed by atoms with E-state index in [-0.39, 0.29) is 48.1 Å². The molecule has 1 aromatic carbocycles. The predicted octanol–water partition coefficient (Wildman–Crippen LogP) is 4.33. The van der Waals surface area contributed by atoms with E-state index in [2.05, 4.69) is 19.2 Å². The number of anilines is 1. The molecule has 0 saturated carbocycles. The number of ether oxygens (including phenoxy) is 1. The van der Waals surface area contributed by atoms with E-state index in [1.807, 2.05) is 37.4 Å². The van der Waals surface area contributed by atoms with Gasteiger partial charge in [-0.15, -0.1) is 0 Å². The largest absolute Gasteiger partial charge is 0.445 e. The van der Waals surface area contributed by atoms with Crippen molar-refractivity contribution < 1.29 is 23.9 Å². The number of rotatable bonds is 14. The molecule has 0 aromatic heterocycles. The van der Waals surface area contributed by atoms with Gasteiger partial charge in [0.15, 0.2) is 5.78 Å².